The predicted molar refractivity (Wildman–Crippen MR) is 99.4 cm³/mol. The van der Waals surface area contributed by atoms with Crippen molar-refractivity contribution in [1.29, 1.82) is 0 Å². The van der Waals surface area contributed by atoms with Gasteiger partial charge in [-0.25, -0.2) is 4.39 Å². The molecule has 26 heavy (non-hydrogen) atoms. The summed E-state index contributed by atoms with van der Waals surface area (Å²) in [6.45, 7) is 3.91. The molecule has 1 heterocycles. The van der Waals surface area contributed by atoms with Crippen LogP contribution in [0.15, 0.2) is 42.5 Å². The number of carbonyl (C=O) groups is 2. The maximum atomic E-state index is 14.3. The van der Waals surface area contributed by atoms with Crippen molar-refractivity contribution in [3.63, 3.8) is 0 Å². The molecular weight excluding hydrogens is 331 g/mol. The topological polar surface area (TPSA) is 49.4 Å². The van der Waals surface area contributed by atoms with E-state index in [1.165, 1.54) is 17.9 Å². The van der Waals surface area contributed by atoms with Gasteiger partial charge in [0, 0.05) is 13.5 Å². The zero-order chi connectivity index (χ0) is 18.7. The average molecular weight is 354 g/mol. The first-order chi connectivity index (χ1) is 12.5. The second-order valence-corrected chi connectivity index (χ2v) is 6.76. The van der Waals surface area contributed by atoms with E-state index in [9.17, 15) is 14.0 Å². The fraction of sp³-hybridized carbons (Fsp3) is 0.333. The summed E-state index contributed by atoms with van der Waals surface area (Å²) in [6.07, 6.45) is 1.66. The maximum absolute atomic E-state index is 14.3. The number of anilines is 1. The number of nitrogens with one attached hydrogen (secondary N) is 1. The third-order valence-corrected chi connectivity index (χ3v) is 4.71. The highest BCUT2D eigenvalue weighted by molar-refractivity contribution is 5.95. The number of para-hydroxylation sites is 1. The Morgan fingerprint density at radius 2 is 1.92 bits per heavy atom. The predicted octanol–water partition coefficient (Wildman–Crippen LogP) is 3.68. The van der Waals surface area contributed by atoms with E-state index in [0.29, 0.717) is 12.2 Å². The number of benzene rings is 2. The normalized spacial score (nSPS) is 14.5. The van der Waals surface area contributed by atoms with E-state index in [2.05, 4.69) is 5.32 Å². The SMILES string of the molecule is CC(=O)NC(CC(=O)N1CCCc2cccc(F)c21)c1ccc(C)cc1. The van der Waals surface area contributed by atoms with Crippen LogP contribution in [-0.2, 0) is 16.0 Å². The Hall–Kier alpha value is -2.69. The van der Waals surface area contributed by atoms with Gasteiger partial charge in [0.1, 0.15) is 5.82 Å². The van der Waals surface area contributed by atoms with Crippen LogP contribution >= 0.6 is 0 Å². The van der Waals surface area contributed by atoms with Gasteiger partial charge in [-0.2, -0.15) is 0 Å². The number of hydrogen-bond donors (Lipinski definition) is 1. The largest absolute Gasteiger partial charge is 0.349 e. The van der Waals surface area contributed by atoms with Gasteiger partial charge in [0.25, 0.3) is 0 Å². The molecule has 136 valence electrons. The summed E-state index contributed by atoms with van der Waals surface area (Å²) in [6, 6.07) is 12.2. The van der Waals surface area contributed by atoms with Gasteiger partial charge in [-0.3, -0.25) is 9.59 Å². The van der Waals surface area contributed by atoms with Crippen LogP contribution in [0.4, 0.5) is 10.1 Å². The molecule has 4 nitrogen and oxygen atoms in total. The molecule has 5 heteroatoms. The minimum absolute atomic E-state index is 0.0937. The zero-order valence-corrected chi connectivity index (χ0v) is 15.1. The van der Waals surface area contributed by atoms with Crippen molar-refractivity contribution in [3.05, 3.63) is 65.0 Å². The Kier molecular flexibility index (Phi) is 5.35. The summed E-state index contributed by atoms with van der Waals surface area (Å²) < 4.78 is 14.3. The van der Waals surface area contributed by atoms with E-state index >= 15 is 0 Å². The molecule has 0 saturated heterocycles. The molecule has 1 unspecified atom stereocenters. The number of aryl methyl sites for hydroxylation is 2. The third-order valence-electron chi connectivity index (χ3n) is 4.71. The summed E-state index contributed by atoms with van der Waals surface area (Å²) in [5.74, 6) is -0.758. The van der Waals surface area contributed by atoms with E-state index in [-0.39, 0.29) is 24.1 Å². The lowest BCUT2D eigenvalue weighted by Crippen LogP contribution is -2.39. The second-order valence-electron chi connectivity index (χ2n) is 6.76. The number of amides is 2. The van der Waals surface area contributed by atoms with Crippen molar-refractivity contribution in [1.82, 2.24) is 5.32 Å². The quantitative estimate of drug-likeness (QED) is 0.910. The molecule has 0 aliphatic carbocycles. The van der Waals surface area contributed by atoms with Crippen LogP contribution in [-0.4, -0.2) is 18.4 Å². The van der Waals surface area contributed by atoms with Crippen LogP contribution in [0.3, 0.4) is 0 Å². The lowest BCUT2D eigenvalue weighted by Gasteiger charge is -2.31. The number of hydrogen-bond acceptors (Lipinski definition) is 2. The summed E-state index contributed by atoms with van der Waals surface area (Å²) in [5.41, 5.74) is 3.21. The summed E-state index contributed by atoms with van der Waals surface area (Å²) in [7, 11) is 0. The number of carbonyl (C=O) groups excluding carboxylic acids is 2. The zero-order valence-electron chi connectivity index (χ0n) is 15.1. The minimum Gasteiger partial charge on any atom is -0.349 e. The fourth-order valence-corrected chi connectivity index (χ4v) is 3.43. The molecule has 1 atom stereocenters. The molecule has 0 bridgehead atoms. The molecule has 2 aromatic rings. The standard InChI is InChI=1S/C21H23FN2O2/c1-14-8-10-16(11-9-14)19(23-15(2)25)13-20(26)24-12-4-6-17-5-3-7-18(22)21(17)24/h3,5,7-11,19H,4,6,12-13H2,1-2H3,(H,23,25). The van der Waals surface area contributed by atoms with E-state index in [1.807, 2.05) is 37.3 Å². The van der Waals surface area contributed by atoms with Crippen molar-refractivity contribution >= 4 is 17.5 Å². The summed E-state index contributed by atoms with van der Waals surface area (Å²) in [5, 5.41) is 2.84. The Morgan fingerprint density at radius 3 is 2.62 bits per heavy atom. The fourth-order valence-electron chi connectivity index (χ4n) is 3.43. The molecule has 2 aromatic carbocycles. The molecule has 1 N–H and O–H groups in total. The molecular formula is C21H23FN2O2. The van der Waals surface area contributed by atoms with Gasteiger partial charge in [-0.15, -0.1) is 0 Å². The van der Waals surface area contributed by atoms with Crippen molar-refractivity contribution in [2.75, 3.05) is 11.4 Å². The maximum Gasteiger partial charge on any atom is 0.229 e. The molecule has 0 radical (unpaired) electrons. The lowest BCUT2D eigenvalue weighted by molar-refractivity contribution is -0.121. The number of rotatable bonds is 4. The van der Waals surface area contributed by atoms with Crippen LogP contribution in [0.1, 0.15) is 42.5 Å². The first kappa shape index (κ1) is 18.1. The third kappa shape index (κ3) is 3.93. The highest BCUT2D eigenvalue weighted by Gasteiger charge is 2.28. The Balaban J connectivity index is 1.85. The van der Waals surface area contributed by atoms with Crippen LogP contribution in [0, 0.1) is 12.7 Å². The van der Waals surface area contributed by atoms with Gasteiger partial charge < -0.3 is 10.2 Å². The molecule has 3 rings (SSSR count). The average Bonchev–Trinajstić information content (AvgIpc) is 2.61. The number of halogens is 1. The summed E-state index contributed by atoms with van der Waals surface area (Å²) >= 11 is 0. The molecule has 0 aromatic heterocycles. The van der Waals surface area contributed by atoms with E-state index in [4.69, 9.17) is 0 Å². The molecule has 1 aliphatic heterocycles. The highest BCUT2D eigenvalue weighted by atomic mass is 19.1. The van der Waals surface area contributed by atoms with Crippen molar-refractivity contribution in [2.45, 2.75) is 39.2 Å². The first-order valence-corrected chi connectivity index (χ1v) is 8.87. The molecule has 0 fully saturated rings. The van der Waals surface area contributed by atoms with Crippen LogP contribution in [0.5, 0.6) is 0 Å². The first-order valence-electron chi connectivity index (χ1n) is 8.87. The monoisotopic (exact) mass is 354 g/mol. The van der Waals surface area contributed by atoms with Crippen molar-refractivity contribution in [3.8, 4) is 0 Å². The molecule has 0 saturated carbocycles. The van der Waals surface area contributed by atoms with Gasteiger partial charge in [-0.05, 0) is 37.0 Å². The van der Waals surface area contributed by atoms with Gasteiger partial charge >= 0.3 is 0 Å². The van der Waals surface area contributed by atoms with Gasteiger partial charge in [0.2, 0.25) is 11.8 Å². The van der Waals surface area contributed by atoms with E-state index < -0.39 is 6.04 Å². The Bertz CT molecular complexity index is 817. The Morgan fingerprint density at radius 1 is 1.19 bits per heavy atom. The molecule has 1 aliphatic rings. The molecule has 2 amide bonds. The highest BCUT2D eigenvalue weighted by Crippen LogP contribution is 2.31. The second kappa shape index (κ2) is 7.68. The van der Waals surface area contributed by atoms with Crippen molar-refractivity contribution < 1.29 is 14.0 Å². The van der Waals surface area contributed by atoms with Crippen LogP contribution in [0.25, 0.3) is 0 Å². The van der Waals surface area contributed by atoms with E-state index in [1.54, 1.807) is 6.07 Å². The van der Waals surface area contributed by atoms with Gasteiger partial charge in [0.15, 0.2) is 0 Å². The molecule has 0 spiro atoms. The van der Waals surface area contributed by atoms with Gasteiger partial charge in [-0.1, -0.05) is 42.0 Å². The lowest BCUT2D eigenvalue weighted by atomic mass is 9.98. The minimum atomic E-state index is -0.433. The van der Waals surface area contributed by atoms with Crippen LogP contribution in [0.2, 0.25) is 0 Å². The smallest absolute Gasteiger partial charge is 0.229 e. The Labute approximate surface area is 153 Å². The summed E-state index contributed by atoms with van der Waals surface area (Å²) in [4.78, 5) is 26.1. The van der Waals surface area contributed by atoms with Crippen LogP contribution < -0.4 is 10.2 Å². The van der Waals surface area contributed by atoms with E-state index in [0.717, 1.165) is 29.5 Å². The van der Waals surface area contributed by atoms with Crippen molar-refractivity contribution in [2.24, 2.45) is 0 Å². The van der Waals surface area contributed by atoms with Gasteiger partial charge in [0.05, 0.1) is 18.2 Å². The number of nitrogens with zero attached hydrogens (tertiary/aromatic N) is 1. The number of fused-ring (bicyclic) bond motifs is 1.